The van der Waals surface area contributed by atoms with Crippen LogP contribution in [0.25, 0.3) is 0 Å². The Balaban J connectivity index is 2.67. The van der Waals surface area contributed by atoms with Crippen molar-refractivity contribution in [1.29, 1.82) is 0 Å². The van der Waals surface area contributed by atoms with Gasteiger partial charge in [0.05, 0.1) is 13.1 Å². The summed E-state index contributed by atoms with van der Waals surface area (Å²) < 4.78 is 42.8. The van der Waals surface area contributed by atoms with Crippen LogP contribution >= 0.6 is 11.6 Å². The van der Waals surface area contributed by atoms with E-state index in [1.807, 2.05) is 0 Å². The lowest BCUT2D eigenvalue weighted by atomic mass is 9.92. The highest BCUT2D eigenvalue weighted by Gasteiger charge is 2.64. The van der Waals surface area contributed by atoms with Crippen molar-refractivity contribution in [3.8, 4) is 0 Å². The average Bonchev–Trinajstić information content (AvgIpc) is 2.07. The normalized spacial score (nSPS) is 21.5. The van der Waals surface area contributed by atoms with Crippen LogP contribution in [0.2, 0.25) is 0 Å². The third kappa shape index (κ3) is 2.27. The number of carbonyl (C=O) groups is 1. The van der Waals surface area contributed by atoms with Gasteiger partial charge >= 0.3 is 6.18 Å². The topological polar surface area (TPSA) is 29.5 Å². The molecule has 0 aromatic carbocycles. The van der Waals surface area contributed by atoms with Gasteiger partial charge in [0.2, 0.25) is 5.91 Å². The van der Waals surface area contributed by atoms with Gasteiger partial charge in [0.25, 0.3) is 0 Å². The molecule has 0 saturated carbocycles. The number of hydrogen-bond acceptors (Lipinski definition) is 2. The van der Waals surface area contributed by atoms with Crippen molar-refractivity contribution in [3.63, 3.8) is 0 Å². The molecular weight excluding hydrogens is 247 g/mol. The highest BCUT2D eigenvalue weighted by Crippen LogP contribution is 2.41. The van der Waals surface area contributed by atoms with Crippen molar-refractivity contribution in [2.24, 2.45) is 0 Å². The Bertz CT molecular complexity index is 274. The van der Waals surface area contributed by atoms with Crippen molar-refractivity contribution in [2.45, 2.75) is 31.0 Å². The molecule has 1 fully saturated rings. The van der Waals surface area contributed by atoms with Crippen molar-refractivity contribution >= 4 is 17.5 Å². The molecule has 0 radical (unpaired) electrons. The summed E-state index contributed by atoms with van der Waals surface area (Å²) in [6.07, 6.45) is -4.46. The fourth-order valence-corrected chi connectivity index (χ4v) is 1.74. The van der Waals surface area contributed by atoms with Gasteiger partial charge in [0.1, 0.15) is 5.38 Å². The number of likely N-dealkylation sites (tertiary alicyclic amines) is 1. The maximum atomic E-state index is 12.7. The summed E-state index contributed by atoms with van der Waals surface area (Å²) in [6, 6.07) is 0. The third-order valence-corrected chi connectivity index (χ3v) is 2.67. The van der Waals surface area contributed by atoms with Gasteiger partial charge in [-0.1, -0.05) is 0 Å². The smallest absolute Gasteiger partial charge is 0.362 e. The molecule has 0 aromatic heterocycles. The maximum absolute atomic E-state index is 12.7. The molecule has 0 bridgehead atoms. The van der Waals surface area contributed by atoms with E-state index in [1.165, 1.54) is 13.8 Å². The second-order valence-electron chi connectivity index (χ2n) is 3.74. The van der Waals surface area contributed by atoms with E-state index in [9.17, 15) is 18.0 Å². The first-order valence-electron chi connectivity index (χ1n) is 4.87. The fraction of sp³-hybridized carbons (Fsp3) is 0.889. The van der Waals surface area contributed by atoms with Crippen molar-refractivity contribution in [3.05, 3.63) is 0 Å². The Morgan fingerprint density at radius 2 is 2.06 bits per heavy atom. The second-order valence-corrected chi connectivity index (χ2v) is 4.39. The van der Waals surface area contributed by atoms with E-state index in [-0.39, 0.29) is 6.61 Å². The molecule has 1 saturated heterocycles. The summed E-state index contributed by atoms with van der Waals surface area (Å²) in [5.74, 6) is -0.499. The molecule has 1 heterocycles. The van der Waals surface area contributed by atoms with Crippen LogP contribution in [-0.2, 0) is 9.53 Å². The third-order valence-electron chi connectivity index (χ3n) is 2.48. The Morgan fingerprint density at radius 1 is 1.56 bits per heavy atom. The summed E-state index contributed by atoms with van der Waals surface area (Å²) in [4.78, 5) is 12.4. The number of carbonyl (C=O) groups excluding carboxylic acids is 1. The van der Waals surface area contributed by atoms with E-state index in [1.54, 1.807) is 0 Å². The predicted octanol–water partition coefficient (Wildman–Crippen LogP) is 1.79. The van der Waals surface area contributed by atoms with Gasteiger partial charge in [-0.25, -0.2) is 0 Å². The summed E-state index contributed by atoms with van der Waals surface area (Å²) in [7, 11) is 0. The molecule has 1 amide bonds. The van der Waals surface area contributed by atoms with Crippen LogP contribution in [0.4, 0.5) is 13.2 Å². The van der Waals surface area contributed by atoms with Crippen LogP contribution in [0.15, 0.2) is 0 Å². The molecule has 94 valence electrons. The van der Waals surface area contributed by atoms with Gasteiger partial charge in [-0.15, -0.1) is 11.6 Å². The number of amides is 1. The van der Waals surface area contributed by atoms with E-state index in [2.05, 4.69) is 0 Å². The molecule has 16 heavy (non-hydrogen) atoms. The molecule has 1 atom stereocenters. The summed E-state index contributed by atoms with van der Waals surface area (Å²) in [5, 5.41) is -0.812. The lowest BCUT2D eigenvalue weighted by Crippen LogP contribution is -2.72. The molecule has 1 rings (SSSR count). The van der Waals surface area contributed by atoms with E-state index in [0.717, 1.165) is 4.90 Å². The molecule has 1 aliphatic rings. The molecule has 0 aliphatic carbocycles. The zero-order valence-electron chi connectivity index (χ0n) is 8.97. The lowest BCUT2D eigenvalue weighted by Gasteiger charge is -2.50. The van der Waals surface area contributed by atoms with Gasteiger partial charge in [-0.05, 0) is 13.8 Å². The lowest BCUT2D eigenvalue weighted by molar-refractivity contribution is -0.313. The van der Waals surface area contributed by atoms with Crippen molar-refractivity contribution in [2.75, 3.05) is 19.7 Å². The first-order valence-corrected chi connectivity index (χ1v) is 5.30. The highest BCUT2D eigenvalue weighted by molar-refractivity contribution is 6.30. The standard InChI is InChI=1S/C9H13ClF3NO2/c1-3-16-8(9(11,12)13)4-14(5-8)7(15)6(2)10/h6H,3-5H2,1-2H3/t6-/m0/s1. The zero-order valence-corrected chi connectivity index (χ0v) is 9.73. The van der Waals surface area contributed by atoms with Crippen molar-refractivity contribution < 1.29 is 22.7 Å². The van der Waals surface area contributed by atoms with Gasteiger partial charge in [-0.2, -0.15) is 13.2 Å². The summed E-state index contributed by atoms with van der Waals surface area (Å²) >= 11 is 5.51. The molecule has 0 N–H and O–H groups in total. The van der Waals surface area contributed by atoms with Crippen LogP contribution in [-0.4, -0.2) is 47.7 Å². The largest absolute Gasteiger partial charge is 0.420 e. The monoisotopic (exact) mass is 259 g/mol. The molecule has 0 spiro atoms. The minimum absolute atomic E-state index is 0.0437. The summed E-state index contributed by atoms with van der Waals surface area (Å²) in [6.45, 7) is 1.93. The van der Waals surface area contributed by atoms with Crippen LogP contribution < -0.4 is 0 Å². The molecule has 3 nitrogen and oxygen atoms in total. The first-order chi connectivity index (χ1) is 7.23. The van der Waals surface area contributed by atoms with Crippen LogP contribution in [0.5, 0.6) is 0 Å². The SMILES string of the molecule is CCOC1(C(F)(F)F)CN(C(=O)[C@H](C)Cl)C1. The predicted molar refractivity (Wildman–Crippen MR) is 52.3 cm³/mol. The molecule has 7 heteroatoms. The Kier molecular flexibility index (Phi) is 3.74. The van der Waals surface area contributed by atoms with Gasteiger partial charge in [-0.3, -0.25) is 4.79 Å². The van der Waals surface area contributed by atoms with E-state index >= 15 is 0 Å². The quantitative estimate of drug-likeness (QED) is 0.724. The molecular formula is C9H13ClF3NO2. The van der Waals surface area contributed by atoms with Crippen LogP contribution in [0.1, 0.15) is 13.8 Å². The minimum Gasteiger partial charge on any atom is -0.362 e. The zero-order chi connectivity index (χ0) is 12.6. The van der Waals surface area contributed by atoms with Crippen molar-refractivity contribution in [1.82, 2.24) is 4.90 Å². The van der Waals surface area contributed by atoms with Gasteiger partial charge in [0.15, 0.2) is 5.60 Å². The molecule has 0 aromatic rings. The first kappa shape index (κ1) is 13.6. The number of halogens is 4. The van der Waals surface area contributed by atoms with E-state index < -0.39 is 36.2 Å². The Hall–Kier alpha value is -0.490. The Morgan fingerprint density at radius 3 is 2.38 bits per heavy atom. The minimum atomic E-state index is -4.46. The van der Waals surface area contributed by atoms with Gasteiger partial charge in [0, 0.05) is 6.61 Å². The summed E-state index contributed by atoms with van der Waals surface area (Å²) in [5.41, 5.74) is -2.21. The number of hydrogen-bond donors (Lipinski definition) is 0. The van der Waals surface area contributed by atoms with Gasteiger partial charge < -0.3 is 9.64 Å². The maximum Gasteiger partial charge on any atom is 0.420 e. The Labute approximate surface area is 96.5 Å². The highest BCUT2D eigenvalue weighted by atomic mass is 35.5. The van der Waals surface area contributed by atoms with Crippen LogP contribution in [0.3, 0.4) is 0 Å². The number of ether oxygens (including phenoxy) is 1. The molecule has 0 unspecified atom stereocenters. The number of nitrogens with zero attached hydrogens (tertiary/aromatic N) is 1. The van der Waals surface area contributed by atoms with E-state index in [4.69, 9.17) is 16.3 Å². The molecule has 1 aliphatic heterocycles. The fourth-order valence-electron chi connectivity index (χ4n) is 1.61. The number of rotatable bonds is 3. The number of alkyl halides is 4. The van der Waals surface area contributed by atoms with Crippen LogP contribution in [0, 0.1) is 0 Å². The van der Waals surface area contributed by atoms with E-state index in [0.29, 0.717) is 0 Å². The second kappa shape index (κ2) is 4.41. The average molecular weight is 260 g/mol.